The number of rotatable bonds is 5. The molecule has 0 saturated heterocycles. The van der Waals surface area contributed by atoms with Crippen LogP contribution in [0.4, 0.5) is 0 Å². The number of halogens is 1. The van der Waals surface area contributed by atoms with Crippen molar-refractivity contribution in [3.8, 4) is 0 Å². The predicted octanol–water partition coefficient (Wildman–Crippen LogP) is 2.19. The van der Waals surface area contributed by atoms with Crippen molar-refractivity contribution in [1.82, 2.24) is 20.4 Å². The second-order valence-electron chi connectivity index (χ2n) is 5.69. The molecule has 1 fully saturated rings. The van der Waals surface area contributed by atoms with Gasteiger partial charge in [0.15, 0.2) is 0 Å². The third-order valence-electron chi connectivity index (χ3n) is 3.93. The lowest BCUT2D eigenvalue weighted by molar-refractivity contribution is 0.0944. The molecule has 6 heteroatoms. The molecular formula is C15H27ClN4O. The summed E-state index contributed by atoms with van der Waals surface area (Å²) in [6.07, 6.45) is 7.95. The largest absolute Gasteiger partial charge is 0.349 e. The van der Waals surface area contributed by atoms with Crippen molar-refractivity contribution in [3.05, 3.63) is 17.5 Å². The van der Waals surface area contributed by atoms with E-state index in [9.17, 15) is 4.79 Å². The number of aromatic nitrogens is 2. The molecule has 120 valence electrons. The van der Waals surface area contributed by atoms with E-state index >= 15 is 0 Å². The predicted molar refractivity (Wildman–Crippen MR) is 87.0 cm³/mol. The molecule has 1 aliphatic rings. The molecule has 5 nitrogen and oxygen atoms in total. The number of hydrogen-bond donors (Lipinski definition) is 2. The molecule has 2 rings (SSSR count). The van der Waals surface area contributed by atoms with E-state index in [1.807, 2.05) is 13.0 Å². The zero-order valence-corrected chi connectivity index (χ0v) is 13.8. The lowest BCUT2D eigenvalue weighted by atomic mass is 10.1. The van der Waals surface area contributed by atoms with Crippen molar-refractivity contribution in [2.75, 3.05) is 13.1 Å². The minimum absolute atomic E-state index is 0. The summed E-state index contributed by atoms with van der Waals surface area (Å²) in [6.45, 7) is 3.40. The molecule has 0 unspecified atom stereocenters. The molecular weight excluding hydrogens is 288 g/mol. The van der Waals surface area contributed by atoms with Gasteiger partial charge in [-0.2, -0.15) is 5.10 Å². The van der Waals surface area contributed by atoms with Crippen LogP contribution in [0.25, 0.3) is 0 Å². The van der Waals surface area contributed by atoms with Gasteiger partial charge in [-0.15, -0.1) is 12.4 Å². The van der Waals surface area contributed by atoms with Crippen molar-refractivity contribution >= 4 is 18.3 Å². The number of carbonyl (C=O) groups excluding carboxylic acids is 1. The summed E-state index contributed by atoms with van der Waals surface area (Å²) < 4.78 is 1.63. The molecule has 1 amide bonds. The Morgan fingerprint density at radius 1 is 1.29 bits per heavy atom. The highest BCUT2D eigenvalue weighted by atomic mass is 35.5. The van der Waals surface area contributed by atoms with Crippen LogP contribution >= 0.6 is 12.4 Å². The molecule has 0 aromatic carbocycles. The van der Waals surface area contributed by atoms with Crippen LogP contribution in [0.1, 0.15) is 54.7 Å². The number of hydrogen-bond acceptors (Lipinski definition) is 3. The number of nitrogens with zero attached hydrogens (tertiary/aromatic N) is 2. The first-order valence-electron chi connectivity index (χ1n) is 7.69. The Balaban J connectivity index is 0.00000220. The van der Waals surface area contributed by atoms with Crippen molar-refractivity contribution < 1.29 is 4.79 Å². The van der Waals surface area contributed by atoms with E-state index < -0.39 is 0 Å². The second kappa shape index (κ2) is 9.05. The highest BCUT2D eigenvalue weighted by Crippen LogP contribution is 2.16. The van der Waals surface area contributed by atoms with E-state index in [-0.39, 0.29) is 18.3 Å². The monoisotopic (exact) mass is 314 g/mol. The topological polar surface area (TPSA) is 59.0 Å². The van der Waals surface area contributed by atoms with Crippen LogP contribution in [0.5, 0.6) is 0 Å². The van der Waals surface area contributed by atoms with Gasteiger partial charge >= 0.3 is 0 Å². The molecule has 0 atom stereocenters. The summed E-state index contributed by atoms with van der Waals surface area (Å²) in [5.41, 5.74) is 1.49. The van der Waals surface area contributed by atoms with E-state index in [0.29, 0.717) is 18.3 Å². The quantitative estimate of drug-likeness (QED) is 0.647. The maximum absolute atomic E-state index is 12.0. The van der Waals surface area contributed by atoms with Gasteiger partial charge < -0.3 is 10.6 Å². The van der Waals surface area contributed by atoms with Crippen molar-refractivity contribution in [1.29, 1.82) is 0 Å². The van der Waals surface area contributed by atoms with Crippen LogP contribution in [0.3, 0.4) is 0 Å². The highest BCUT2D eigenvalue weighted by molar-refractivity contribution is 5.92. The third kappa shape index (κ3) is 5.67. The van der Waals surface area contributed by atoms with E-state index in [1.54, 1.807) is 11.7 Å². The van der Waals surface area contributed by atoms with Gasteiger partial charge in [-0.05, 0) is 25.8 Å². The van der Waals surface area contributed by atoms with Crippen LogP contribution in [0.2, 0.25) is 0 Å². The maximum atomic E-state index is 12.0. The first-order valence-corrected chi connectivity index (χ1v) is 7.69. The molecule has 1 saturated carbocycles. The Morgan fingerprint density at radius 2 is 1.95 bits per heavy atom. The Bertz CT molecular complexity index is 439. The Labute approximate surface area is 133 Å². The fourth-order valence-electron chi connectivity index (χ4n) is 2.85. The summed E-state index contributed by atoms with van der Waals surface area (Å²) in [5.74, 6) is -0.0456. The normalized spacial score (nSPS) is 16.1. The summed E-state index contributed by atoms with van der Waals surface area (Å²) in [6, 6.07) is 2.45. The first kappa shape index (κ1) is 18.0. The molecule has 2 N–H and O–H groups in total. The van der Waals surface area contributed by atoms with Gasteiger partial charge in [0.1, 0.15) is 5.69 Å². The van der Waals surface area contributed by atoms with E-state index in [0.717, 1.165) is 12.2 Å². The molecule has 21 heavy (non-hydrogen) atoms. The van der Waals surface area contributed by atoms with E-state index in [4.69, 9.17) is 0 Å². The number of amides is 1. The van der Waals surface area contributed by atoms with Crippen molar-refractivity contribution in [2.24, 2.45) is 7.05 Å². The lowest BCUT2D eigenvalue weighted by Crippen LogP contribution is -2.37. The van der Waals surface area contributed by atoms with Crippen LogP contribution in [-0.2, 0) is 7.05 Å². The van der Waals surface area contributed by atoms with Crippen molar-refractivity contribution in [2.45, 2.75) is 51.5 Å². The lowest BCUT2D eigenvalue weighted by Gasteiger charge is -2.16. The third-order valence-corrected chi connectivity index (χ3v) is 3.93. The number of carbonyl (C=O) groups is 1. The minimum Gasteiger partial charge on any atom is -0.349 e. The highest BCUT2D eigenvalue weighted by Gasteiger charge is 2.13. The van der Waals surface area contributed by atoms with Crippen LogP contribution in [0.15, 0.2) is 6.07 Å². The Kier molecular flexibility index (Phi) is 7.75. The first-order chi connectivity index (χ1) is 9.66. The summed E-state index contributed by atoms with van der Waals surface area (Å²) in [7, 11) is 1.80. The van der Waals surface area contributed by atoms with E-state index in [1.165, 1.54) is 38.5 Å². The molecule has 0 radical (unpaired) electrons. The zero-order chi connectivity index (χ0) is 14.4. The Morgan fingerprint density at radius 3 is 2.52 bits per heavy atom. The standard InChI is InChI=1S/C15H26N4O.ClH/c1-12-11-14(19(2)18-12)15(20)17-10-9-16-13-7-5-3-4-6-8-13;/h11,13,16H,3-10H2,1-2H3,(H,17,20);1H. The molecule has 0 spiro atoms. The summed E-state index contributed by atoms with van der Waals surface area (Å²) in [5, 5.41) is 10.7. The minimum atomic E-state index is -0.0456. The number of nitrogens with one attached hydrogen (secondary N) is 2. The molecule has 1 heterocycles. The van der Waals surface area contributed by atoms with Gasteiger partial charge in [0.2, 0.25) is 0 Å². The molecule has 1 aliphatic carbocycles. The van der Waals surface area contributed by atoms with E-state index in [2.05, 4.69) is 15.7 Å². The fraction of sp³-hybridized carbons (Fsp3) is 0.733. The van der Waals surface area contributed by atoms with Crippen LogP contribution in [0, 0.1) is 6.92 Å². The summed E-state index contributed by atoms with van der Waals surface area (Å²) in [4.78, 5) is 12.0. The molecule has 0 aliphatic heterocycles. The van der Waals surface area contributed by atoms with Gasteiger partial charge in [-0.3, -0.25) is 9.48 Å². The molecule has 0 bridgehead atoms. The number of aryl methyl sites for hydroxylation is 2. The summed E-state index contributed by atoms with van der Waals surface area (Å²) >= 11 is 0. The van der Waals surface area contributed by atoms with Crippen LogP contribution in [-0.4, -0.2) is 34.8 Å². The van der Waals surface area contributed by atoms with Gasteiger partial charge in [-0.1, -0.05) is 25.7 Å². The average Bonchev–Trinajstić information content (AvgIpc) is 2.64. The van der Waals surface area contributed by atoms with Crippen molar-refractivity contribution in [3.63, 3.8) is 0 Å². The molecule has 1 aromatic rings. The smallest absolute Gasteiger partial charge is 0.269 e. The maximum Gasteiger partial charge on any atom is 0.269 e. The van der Waals surface area contributed by atoms with Crippen LogP contribution < -0.4 is 10.6 Å². The Hall–Kier alpha value is -1.07. The average molecular weight is 315 g/mol. The van der Waals surface area contributed by atoms with Gasteiger partial charge in [0.25, 0.3) is 5.91 Å². The SMILES string of the molecule is Cc1cc(C(=O)NCCNC2CCCCCC2)n(C)n1.Cl. The van der Waals surface area contributed by atoms with Gasteiger partial charge in [0, 0.05) is 26.2 Å². The molecule has 1 aromatic heterocycles. The van der Waals surface area contributed by atoms with Gasteiger partial charge in [-0.25, -0.2) is 0 Å². The second-order valence-corrected chi connectivity index (χ2v) is 5.69. The fourth-order valence-corrected chi connectivity index (χ4v) is 2.85. The van der Waals surface area contributed by atoms with Gasteiger partial charge in [0.05, 0.1) is 5.69 Å². The zero-order valence-electron chi connectivity index (χ0n) is 13.0.